The molecule has 0 fully saturated rings. The van der Waals surface area contributed by atoms with Gasteiger partial charge in [-0.05, 0) is 6.92 Å². The second kappa shape index (κ2) is 5.58. The lowest BCUT2D eigenvalue weighted by atomic mass is 10.2. The van der Waals surface area contributed by atoms with Gasteiger partial charge >= 0.3 is 17.1 Å². The van der Waals surface area contributed by atoms with Crippen LogP contribution in [-0.4, -0.2) is 35.5 Å². The van der Waals surface area contributed by atoms with Gasteiger partial charge in [-0.15, -0.1) is 11.6 Å². The minimum Gasteiger partial charge on any atom is -0.463 e. The average Bonchev–Trinajstić information content (AvgIpc) is 2.16. The van der Waals surface area contributed by atoms with E-state index in [9.17, 15) is 22.8 Å². The predicted molar refractivity (Wildman–Crippen MR) is 50.1 cm³/mol. The summed E-state index contributed by atoms with van der Waals surface area (Å²) in [5.41, 5.74) is 0. The molecule has 0 aromatic rings. The van der Waals surface area contributed by atoms with Gasteiger partial charge in [-0.2, -0.15) is 13.2 Å². The van der Waals surface area contributed by atoms with Crippen molar-refractivity contribution in [2.45, 2.75) is 18.1 Å². The highest BCUT2D eigenvalue weighted by Gasteiger charge is 2.62. The fourth-order valence-electron chi connectivity index (χ4n) is 0.694. The van der Waals surface area contributed by atoms with Crippen molar-refractivity contribution in [1.29, 1.82) is 0 Å². The lowest BCUT2D eigenvalue weighted by molar-refractivity contribution is -0.195. The molecule has 94 valence electrons. The van der Waals surface area contributed by atoms with E-state index >= 15 is 0 Å². The van der Waals surface area contributed by atoms with Crippen LogP contribution in [0.15, 0.2) is 0 Å². The van der Waals surface area contributed by atoms with E-state index in [1.54, 1.807) is 0 Å². The largest absolute Gasteiger partial charge is 0.463 e. The summed E-state index contributed by atoms with van der Waals surface area (Å²) in [7, 11) is 0. The van der Waals surface area contributed by atoms with Crippen molar-refractivity contribution < 1.29 is 27.5 Å². The number of amides is 1. The fraction of sp³-hybridized carbons (Fsp3) is 0.714. The first-order valence-electron chi connectivity index (χ1n) is 3.98. The molecule has 0 aromatic carbocycles. The first-order chi connectivity index (χ1) is 7.19. The topological polar surface area (TPSA) is 55.4 Å². The smallest absolute Gasteiger partial charge is 0.437 e. The van der Waals surface area contributed by atoms with Crippen LogP contribution in [0.5, 0.6) is 0 Å². The molecule has 0 aliphatic heterocycles. The number of halogens is 5. The number of esters is 1. The normalized spacial score (nSPS) is 15.1. The summed E-state index contributed by atoms with van der Waals surface area (Å²) in [5.74, 6) is -3.80. The van der Waals surface area contributed by atoms with Crippen LogP contribution < -0.4 is 5.32 Å². The molecule has 0 aliphatic rings. The summed E-state index contributed by atoms with van der Waals surface area (Å²) in [5, 5.41) is 1.26. The number of hydrogen-bond acceptors (Lipinski definition) is 3. The highest BCUT2D eigenvalue weighted by molar-refractivity contribution is 6.36. The van der Waals surface area contributed by atoms with Gasteiger partial charge in [0.15, 0.2) is 0 Å². The van der Waals surface area contributed by atoms with Gasteiger partial charge in [-0.3, -0.25) is 4.79 Å². The Morgan fingerprint density at radius 1 is 1.38 bits per heavy atom. The summed E-state index contributed by atoms with van der Waals surface area (Å²) >= 11 is 10.0. The third-order valence-corrected chi connectivity index (χ3v) is 2.09. The standard InChI is InChI=1S/C7H8Cl2F3NO3/c1-2-16-5(15)6(9,7(10,11)12)13-4(14)3-8/h2-3H2,1H3,(H,13,14)/t6-/m0/s1. The van der Waals surface area contributed by atoms with Crippen LogP contribution in [0.25, 0.3) is 0 Å². The molecule has 0 aliphatic carbocycles. The molecule has 1 atom stereocenters. The van der Waals surface area contributed by atoms with Gasteiger partial charge < -0.3 is 10.1 Å². The van der Waals surface area contributed by atoms with Crippen LogP contribution >= 0.6 is 23.2 Å². The number of nitrogens with one attached hydrogen (secondary N) is 1. The van der Waals surface area contributed by atoms with Gasteiger partial charge in [-0.25, -0.2) is 4.79 Å². The minimum absolute atomic E-state index is 0.305. The molecular weight excluding hydrogens is 274 g/mol. The Balaban J connectivity index is 5.04. The Bertz CT molecular complexity index is 285. The maximum Gasteiger partial charge on any atom is 0.437 e. The second-order valence-electron chi connectivity index (χ2n) is 2.56. The van der Waals surface area contributed by atoms with Crippen molar-refractivity contribution in [3.8, 4) is 0 Å². The van der Waals surface area contributed by atoms with Crippen LogP contribution in [-0.2, 0) is 14.3 Å². The number of ether oxygens (including phenoxy) is 1. The van der Waals surface area contributed by atoms with Gasteiger partial charge in [0.25, 0.3) is 0 Å². The zero-order valence-electron chi connectivity index (χ0n) is 8.03. The van der Waals surface area contributed by atoms with Crippen molar-refractivity contribution in [2.24, 2.45) is 0 Å². The number of hydrogen-bond donors (Lipinski definition) is 1. The summed E-state index contributed by atoms with van der Waals surface area (Å²) in [4.78, 5) is 18.2. The van der Waals surface area contributed by atoms with Gasteiger partial charge in [0.1, 0.15) is 5.88 Å². The number of alkyl halides is 5. The van der Waals surface area contributed by atoms with Crippen molar-refractivity contribution in [3.05, 3.63) is 0 Å². The van der Waals surface area contributed by atoms with E-state index in [0.29, 0.717) is 0 Å². The molecule has 1 amide bonds. The Morgan fingerprint density at radius 3 is 2.19 bits per heavy atom. The van der Waals surface area contributed by atoms with Crippen LogP contribution in [0, 0.1) is 0 Å². The summed E-state index contributed by atoms with van der Waals surface area (Å²) in [6.45, 7) is 0.995. The number of carbonyl (C=O) groups excluding carboxylic acids is 2. The van der Waals surface area contributed by atoms with Crippen molar-refractivity contribution in [1.82, 2.24) is 5.32 Å². The van der Waals surface area contributed by atoms with E-state index in [1.807, 2.05) is 0 Å². The van der Waals surface area contributed by atoms with Crippen LogP contribution in [0.1, 0.15) is 6.92 Å². The van der Waals surface area contributed by atoms with Gasteiger partial charge in [0.05, 0.1) is 6.61 Å². The van der Waals surface area contributed by atoms with E-state index in [-0.39, 0.29) is 6.61 Å². The summed E-state index contributed by atoms with van der Waals surface area (Å²) < 4.78 is 41.6. The fourth-order valence-corrected chi connectivity index (χ4v) is 0.920. The SMILES string of the molecule is CCOC(=O)[C@](Cl)(NC(=O)CCl)C(F)(F)F. The van der Waals surface area contributed by atoms with Crippen molar-refractivity contribution in [3.63, 3.8) is 0 Å². The predicted octanol–water partition coefficient (Wildman–Crippen LogP) is 1.40. The highest BCUT2D eigenvalue weighted by atomic mass is 35.5. The van der Waals surface area contributed by atoms with E-state index in [1.165, 1.54) is 12.2 Å². The molecule has 0 saturated heterocycles. The summed E-state index contributed by atoms with van der Waals surface area (Å²) in [6, 6.07) is 0. The second-order valence-corrected chi connectivity index (χ2v) is 3.39. The van der Waals surface area contributed by atoms with Crippen LogP contribution in [0.3, 0.4) is 0 Å². The Morgan fingerprint density at radius 2 is 1.88 bits per heavy atom. The monoisotopic (exact) mass is 281 g/mol. The van der Waals surface area contributed by atoms with Gasteiger partial charge in [0, 0.05) is 0 Å². The third kappa shape index (κ3) is 3.41. The number of carbonyl (C=O) groups is 2. The molecule has 0 bridgehead atoms. The number of rotatable bonds is 4. The lowest BCUT2D eigenvalue weighted by Gasteiger charge is -2.27. The average molecular weight is 282 g/mol. The molecule has 1 N–H and O–H groups in total. The molecule has 0 rings (SSSR count). The van der Waals surface area contributed by atoms with Crippen LogP contribution in [0.2, 0.25) is 0 Å². The minimum atomic E-state index is -5.19. The lowest BCUT2D eigenvalue weighted by Crippen LogP contribution is -2.60. The maximum atomic E-state index is 12.5. The molecule has 4 nitrogen and oxygen atoms in total. The first-order valence-corrected chi connectivity index (χ1v) is 4.90. The van der Waals surface area contributed by atoms with E-state index in [2.05, 4.69) is 4.74 Å². The van der Waals surface area contributed by atoms with Gasteiger partial charge in [0.2, 0.25) is 5.91 Å². The Labute approximate surface area is 99.0 Å². The molecule has 0 aromatic heterocycles. The molecule has 0 saturated carbocycles. The third-order valence-electron chi connectivity index (χ3n) is 1.38. The van der Waals surface area contributed by atoms with Crippen molar-refractivity contribution >= 4 is 35.1 Å². The van der Waals surface area contributed by atoms with E-state index < -0.39 is 28.9 Å². The van der Waals surface area contributed by atoms with E-state index in [4.69, 9.17) is 23.2 Å². The molecule has 0 heterocycles. The maximum absolute atomic E-state index is 12.5. The molecule has 0 spiro atoms. The molecule has 0 radical (unpaired) electrons. The molecule has 16 heavy (non-hydrogen) atoms. The first kappa shape index (κ1) is 15.3. The van der Waals surface area contributed by atoms with Crippen LogP contribution in [0.4, 0.5) is 13.2 Å². The quantitative estimate of drug-likeness (QED) is 0.482. The summed E-state index contributed by atoms with van der Waals surface area (Å²) in [6.07, 6.45) is -5.19. The Kier molecular flexibility index (Phi) is 5.34. The van der Waals surface area contributed by atoms with Gasteiger partial charge in [-0.1, -0.05) is 11.6 Å². The molecular formula is C7H8Cl2F3NO3. The van der Waals surface area contributed by atoms with E-state index in [0.717, 1.165) is 0 Å². The Hall–Kier alpha value is -0.690. The molecule has 0 unspecified atom stereocenters. The zero-order chi connectivity index (χ0) is 13.0. The van der Waals surface area contributed by atoms with Crippen molar-refractivity contribution in [2.75, 3.05) is 12.5 Å². The zero-order valence-corrected chi connectivity index (χ0v) is 9.54. The highest BCUT2D eigenvalue weighted by Crippen LogP contribution is 2.35. The molecule has 9 heteroatoms.